The molecule has 1 amide bonds. The number of nitrogens with one attached hydrogen (secondary N) is 2. The second-order valence-corrected chi connectivity index (χ2v) is 9.23. The topological polar surface area (TPSA) is 49.1 Å². The molecule has 5 nitrogen and oxygen atoms in total. The van der Waals surface area contributed by atoms with Crippen LogP contribution in [0.2, 0.25) is 0 Å². The van der Waals surface area contributed by atoms with Crippen molar-refractivity contribution in [3.05, 3.63) is 99.0 Å². The molecule has 32 heavy (non-hydrogen) atoms. The number of hydrazone groups is 1. The number of hydrogen-bond donors (Lipinski definition) is 2. The number of hydrogen-bond acceptors (Lipinski definition) is 3. The molecule has 0 saturated carbocycles. The van der Waals surface area contributed by atoms with Gasteiger partial charge in [0.2, 0.25) is 0 Å². The maximum Gasteiger partial charge on any atom is 0.271 e. The van der Waals surface area contributed by atoms with E-state index >= 15 is 0 Å². The van der Waals surface area contributed by atoms with Crippen molar-refractivity contribution in [2.45, 2.75) is 19.5 Å². The van der Waals surface area contributed by atoms with Gasteiger partial charge >= 0.3 is 0 Å². The summed E-state index contributed by atoms with van der Waals surface area (Å²) < 4.78 is 0.979. The van der Waals surface area contributed by atoms with Crippen LogP contribution < -0.4 is 15.2 Å². The van der Waals surface area contributed by atoms with Crippen molar-refractivity contribution in [2.24, 2.45) is 5.10 Å². The molecular weight excluding hydrogens is 464 g/mol. The Morgan fingerprint density at radius 2 is 1.84 bits per heavy atom. The molecule has 164 valence electrons. The third-order valence-corrected chi connectivity index (χ3v) is 6.45. The van der Waals surface area contributed by atoms with Crippen LogP contribution >= 0.6 is 15.9 Å². The zero-order valence-electron chi connectivity index (χ0n) is 18.4. The molecule has 0 saturated heterocycles. The Hall–Kier alpha value is -2.96. The average Bonchev–Trinajstić information content (AvgIpc) is 2.79. The third kappa shape index (κ3) is 5.44. The first kappa shape index (κ1) is 22.2. The fraction of sp³-hybridized carbons (Fsp3) is 0.231. The SMILES string of the molecule is CN(C)c1ccc(/C=N\NC(=O)c2ccc(C[NH+]3CCc4ccccc4C3)cc2)cc1Br. The number of quaternary nitrogens is 1. The van der Waals surface area contributed by atoms with Gasteiger partial charge in [0.05, 0.1) is 18.4 Å². The highest BCUT2D eigenvalue weighted by atomic mass is 79.9. The number of carbonyl (C=O) groups is 1. The van der Waals surface area contributed by atoms with Crippen molar-refractivity contribution in [3.63, 3.8) is 0 Å². The Bertz CT molecular complexity index is 1120. The lowest BCUT2D eigenvalue weighted by Crippen LogP contribution is -3.10. The van der Waals surface area contributed by atoms with Crippen molar-refractivity contribution in [3.8, 4) is 0 Å². The molecule has 1 unspecified atom stereocenters. The number of carbonyl (C=O) groups excluding carboxylic acids is 1. The molecule has 4 rings (SSSR count). The fourth-order valence-electron chi connectivity index (χ4n) is 4.05. The van der Waals surface area contributed by atoms with Crippen LogP contribution in [0.4, 0.5) is 5.69 Å². The van der Waals surface area contributed by atoms with Crippen LogP contribution in [0.3, 0.4) is 0 Å². The molecule has 0 aliphatic carbocycles. The Balaban J connectivity index is 1.31. The highest BCUT2D eigenvalue weighted by Gasteiger charge is 2.19. The van der Waals surface area contributed by atoms with Crippen molar-refractivity contribution in [2.75, 3.05) is 25.5 Å². The molecule has 2 N–H and O–H groups in total. The molecule has 0 radical (unpaired) electrons. The number of benzene rings is 3. The van der Waals surface area contributed by atoms with Gasteiger partial charge < -0.3 is 9.80 Å². The van der Waals surface area contributed by atoms with Crippen LogP contribution in [0.1, 0.15) is 32.6 Å². The zero-order chi connectivity index (χ0) is 22.5. The minimum Gasteiger partial charge on any atom is -0.377 e. The van der Waals surface area contributed by atoms with Crippen LogP contribution in [0.15, 0.2) is 76.3 Å². The maximum atomic E-state index is 12.4. The van der Waals surface area contributed by atoms with Crippen LogP contribution in [0, 0.1) is 0 Å². The molecule has 6 heteroatoms. The average molecular weight is 492 g/mol. The summed E-state index contributed by atoms with van der Waals surface area (Å²) in [7, 11) is 3.98. The standard InChI is InChI=1S/C26H27BrN4O/c1-30(2)25-12-9-20(15-24(25)27)16-28-29-26(32)22-10-7-19(8-11-22)17-31-14-13-21-5-3-4-6-23(21)18-31/h3-12,15-16H,13-14,17-18H2,1-2H3,(H,29,32)/p+1/b28-16-. The first-order valence-electron chi connectivity index (χ1n) is 10.8. The van der Waals surface area contributed by atoms with E-state index in [4.69, 9.17) is 0 Å². The predicted molar refractivity (Wildman–Crippen MR) is 133 cm³/mol. The number of nitrogens with zero attached hydrogens (tertiary/aromatic N) is 2. The molecule has 3 aromatic rings. The molecule has 0 bridgehead atoms. The van der Waals surface area contributed by atoms with E-state index in [1.807, 2.05) is 61.5 Å². The lowest BCUT2D eigenvalue weighted by Gasteiger charge is -2.26. The smallest absolute Gasteiger partial charge is 0.271 e. The lowest BCUT2D eigenvalue weighted by molar-refractivity contribution is -0.929. The van der Waals surface area contributed by atoms with Crippen molar-refractivity contribution in [1.29, 1.82) is 0 Å². The first-order chi connectivity index (χ1) is 15.5. The fourth-order valence-corrected chi connectivity index (χ4v) is 4.80. The zero-order valence-corrected chi connectivity index (χ0v) is 20.0. The number of amides is 1. The summed E-state index contributed by atoms with van der Waals surface area (Å²) in [6.07, 6.45) is 2.77. The highest BCUT2D eigenvalue weighted by Crippen LogP contribution is 2.25. The van der Waals surface area contributed by atoms with Crippen LogP contribution in [0.25, 0.3) is 0 Å². The van der Waals surface area contributed by atoms with Gasteiger partial charge in [-0.15, -0.1) is 0 Å². The van der Waals surface area contributed by atoms with E-state index in [0.717, 1.165) is 41.8 Å². The van der Waals surface area contributed by atoms with E-state index in [0.29, 0.717) is 5.56 Å². The molecule has 0 aromatic heterocycles. The minimum absolute atomic E-state index is 0.212. The number of rotatable bonds is 6. The molecule has 1 aliphatic rings. The first-order valence-corrected chi connectivity index (χ1v) is 11.6. The molecule has 1 atom stereocenters. The predicted octanol–water partition coefficient (Wildman–Crippen LogP) is 3.42. The van der Waals surface area contributed by atoms with Crippen molar-refractivity contribution in [1.82, 2.24) is 5.43 Å². The second kappa shape index (κ2) is 10.1. The summed E-state index contributed by atoms with van der Waals surface area (Å²) in [6.45, 7) is 3.16. The number of fused-ring (bicyclic) bond motifs is 1. The van der Waals surface area contributed by atoms with Gasteiger partial charge in [0, 0.05) is 41.7 Å². The summed E-state index contributed by atoms with van der Waals surface area (Å²) in [6, 6.07) is 22.5. The quantitative estimate of drug-likeness (QED) is 0.410. The molecule has 0 fully saturated rings. The Labute approximate surface area is 197 Å². The van der Waals surface area contributed by atoms with Gasteiger partial charge in [0.15, 0.2) is 0 Å². The molecular formula is C26H28BrN4O+. The van der Waals surface area contributed by atoms with E-state index < -0.39 is 0 Å². The summed E-state index contributed by atoms with van der Waals surface area (Å²) in [5.74, 6) is -0.212. The van der Waals surface area contributed by atoms with Gasteiger partial charge in [0.1, 0.15) is 13.1 Å². The van der Waals surface area contributed by atoms with Gasteiger partial charge in [-0.3, -0.25) is 4.79 Å². The van der Waals surface area contributed by atoms with Crippen LogP contribution in [-0.2, 0) is 19.5 Å². The highest BCUT2D eigenvalue weighted by molar-refractivity contribution is 9.10. The van der Waals surface area contributed by atoms with Gasteiger partial charge in [-0.2, -0.15) is 5.10 Å². The summed E-state index contributed by atoms with van der Waals surface area (Å²) in [5, 5.41) is 4.11. The molecule has 1 heterocycles. The Morgan fingerprint density at radius 1 is 1.09 bits per heavy atom. The summed E-state index contributed by atoms with van der Waals surface area (Å²) >= 11 is 3.56. The largest absolute Gasteiger partial charge is 0.377 e. The minimum atomic E-state index is -0.212. The van der Waals surface area contributed by atoms with E-state index in [9.17, 15) is 4.79 Å². The van der Waals surface area contributed by atoms with E-state index in [2.05, 4.69) is 50.7 Å². The number of anilines is 1. The van der Waals surface area contributed by atoms with E-state index in [1.54, 1.807) is 11.1 Å². The second-order valence-electron chi connectivity index (χ2n) is 8.37. The van der Waals surface area contributed by atoms with E-state index in [-0.39, 0.29) is 5.91 Å². The molecule has 1 aliphatic heterocycles. The Morgan fingerprint density at radius 3 is 2.56 bits per heavy atom. The van der Waals surface area contributed by atoms with Gasteiger partial charge in [0.25, 0.3) is 5.91 Å². The van der Waals surface area contributed by atoms with Gasteiger partial charge in [-0.1, -0.05) is 42.5 Å². The van der Waals surface area contributed by atoms with Crippen LogP contribution in [-0.4, -0.2) is 32.8 Å². The van der Waals surface area contributed by atoms with Crippen molar-refractivity contribution >= 4 is 33.7 Å². The number of halogens is 1. The molecule has 0 spiro atoms. The summed E-state index contributed by atoms with van der Waals surface area (Å²) in [4.78, 5) is 16.0. The normalized spacial score (nSPS) is 15.4. The maximum absolute atomic E-state index is 12.4. The molecule has 3 aromatic carbocycles. The van der Waals surface area contributed by atoms with Gasteiger partial charge in [-0.25, -0.2) is 5.43 Å². The monoisotopic (exact) mass is 491 g/mol. The summed E-state index contributed by atoms with van der Waals surface area (Å²) in [5.41, 5.74) is 9.38. The lowest BCUT2D eigenvalue weighted by atomic mass is 9.99. The van der Waals surface area contributed by atoms with Crippen molar-refractivity contribution < 1.29 is 9.69 Å². The van der Waals surface area contributed by atoms with Crippen LogP contribution in [0.5, 0.6) is 0 Å². The van der Waals surface area contributed by atoms with E-state index in [1.165, 1.54) is 16.7 Å². The Kier molecular flexibility index (Phi) is 7.02. The van der Waals surface area contributed by atoms with Gasteiger partial charge in [-0.05, 0) is 51.3 Å². The third-order valence-electron chi connectivity index (χ3n) is 5.81.